The monoisotopic (exact) mass is 258 g/mol. The minimum absolute atomic E-state index is 0.0750. The van der Waals surface area contributed by atoms with Crippen molar-refractivity contribution in [1.29, 1.82) is 0 Å². The van der Waals surface area contributed by atoms with Gasteiger partial charge in [-0.15, -0.1) is 0 Å². The molecule has 1 saturated heterocycles. The van der Waals surface area contributed by atoms with Crippen molar-refractivity contribution in [2.75, 3.05) is 26.7 Å². The van der Waals surface area contributed by atoms with Crippen LogP contribution >= 0.6 is 0 Å². The van der Waals surface area contributed by atoms with Crippen molar-refractivity contribution in [3.63, 3.8) is 0 Å². The molecular weight excluding hydrogens is 236 g/mol. The summed E-state index contributed by atoms with van der Waals surface area (Å²) in [7, 11) is 1.47. The maximum absolute atomic E-state index is 11.8. The summed E-state index contributed by atoms with van der Waals surface area (Å²) in [4.78, 5) is 24.8. The molecule has 0 spiro atoms. The zero-order valence-corrected chi connectivity index (χ0v) is 11.1. The van der Waals surface area contributed by atoms with Gasteiger partial charge < -0.3 is 15.8 Å². The van der Waals surface area contributed by atoms with Gasteiger partial charge in [0, 0.05) is 26.2 Å². The fraction of sp³-hybridized carbons (Fsp3) is 0.818. The number of morpholine rings is 1. The molecule has 7 heteroatoms. The van der Waals surface area contributed by atoms with Crippen LogP contribution < -0.4 is 16.4 Å². The van der Waals surface area contributed by atoms with Crippen LogP contribution in [0.5, 0.6) is 0 Å². The Balaban J connectivity index is 2.52. The average Bonchev–Trinajstić information content (AvgIpc) is 2.37. The van der Waals surface area contributed by atoms with Gasteiger partial charge in [-0.05, 0) is 13.8 Å². The Kier molecular flexibility index (Phi) is 5.52. The van der Waals surface area contributed by atoms with E-state index in [0.717, 1.165) is 0 Å². The number of imide groups is 1. The highest BCUT2D eigenvalue weighted by atomic mass is 16.5. The van der Waals surface area contributed by atoms with Crippen molar-refractivity contribution in [2.24, 2.45) is 5.73 Å². The van der Waals surface area contributed by atoms with Crippen LogP contribution in [0.3, 0.4) is 0 Å². The van der Waals surface area contributed by atoms with E-state index in [4.69, 9.17) is 10.5 Å². The SMILES string of the molecule is CNC(=O)NC(=O)C(C)N1CCOC(C(C)N)C1. The van der Waals surface area contributed by atoms with Crippen LogP contribution in [-0.4, -0.2) is 61.8 Å². The number of amides is 3. The largest absolute Gasteiger partial charge is 0.374 e. The number of hydrogen-bond acceptors (Lipinski definition) is 5. The number of nitrogens with one attached hydrogen (secondary N) is 2. The second-order valence-electron chi connectivity index (χ2n) is 4.51. The first-order valence-corrected chi connectivity index (χ1v) is 6.09. The Hall–Kier alpha value is -1.18. The standard InChI is InChI=1S/C11H22N4O3/c1-7(12)9-6-15(4-5-18-9)8(2)10(16)14-11(17)13-3/h7-9H,4-6,12H2,1-3H3,(H2,13,14,16,17). The van der Waals surface area contributed by atoms with Crippen molar-refractivity contribution in [2.45, 2.75) is 32.0 Å². The van der Waals surface area contributed by atoms with Crippen LogP contribution in [0.1, 0.15) is 13.8 Å². The molecular formula is C11H22N4O3. The van der Waals surface area contributed by atoms with Crippen molar-refractivity contribution < 1.29 is 14.3 Å². The zero-order chi connectivity index (χ0) is 13.7. The van der Waals surface area contributed by atoms with Gasteiger partial charge in [-0.2, -0.15) is 0 Å². The molecule has 1 aliphatic heterocycles. The highest BCUT2D eigenvalue weighted by Gasteiger charge is 2.29. The molecule has 7 nitrogen and oxygen atoms in total. The number of rotatable bonds is 3. The second-order valence-corrected chi connectivity index (χ2v) is 4.51. The highest BCUT2D eigenvalue weighted by molar-refractivity contribution is 5.96. The lowest BCUT2D eigenvalue weighted by Gasteiger charge is -2.37. The van der Waals surface area contributed by atoms with Gasteiger partial charge in [-0.1, -0.05) is 0 Å². The maximum atomic E-state index is 11.8. The van der Waals surface area contributed by atoms with Gasteiger partial charge in [-0.25, -0.2) is 4.79 Å². The van der Waals surface area contributed by atoms with Crippen molar-refractivity contribution >= 4 is 11.9 Å². The third kappa shape index (κ3) is 3.94. The Morgan fingerprint density at radius 3 is 2.67 bits per heavy atom. The Labute approximate surface area is 107 Å². The molecule has 0 radical (unpaired) electrons. The number of nitrogens with zero attached hydrogens (tertiary/aromatic N) is 1. The number of nitrogens with two attached hydrogens (primary N) is 1. The lowest BCUT2D eigenvalue weighted by molar-refractivity contribution is -0.128. The van der Waals surface area contributed by atoms with E-state index in [1.807, 2.05) is 11.8 Å². The summed E-state index contributed by atoms with van der Waals surface area (Å²) in [6, 6.07) is -0.960. The topological polar surface area (TPSA) is 96.7 Å². The summed E-state index contributed by atoms with van der Waals surface area (Å²) in [5, 5.41) is 4.61. The summed E-state index contributed by atoms with van der Waals surface area (Å²) in [6.07, 6.45) is -0.0750. The molecule has 0 aromatic heterocycles. The smallest absolute Gasteiger partial charge is 0.321 e. The van der Waals surface area contributed by atoms with Crippen molar-refractivity contribution in [3.05, 3.63) is 0 Å². The van der Waals surface area contributed by atoms with Crippen LogP contribution in [0.2, 0.25) is 0 Å². The predicted molar refractivity (Wildman–Crippen MR) is 67.0 cm³/mol. The highest BCUT2D eigenvalue weighted by Crippen LogP contribution is 2.11. The van der Waals surface area contributed by atoms with Gasteiger partial charge in [-0.3, -0.25) is 15.0 Å². The molecule has 0 bridgehead atoms. The van der Waals surface area contributed by atoms with Gasteiger partial charge in [0.05, 0.1) is 18.8 Å². The van der Waals surface area contributed by atoms with Crippen LogP contribution in [0.25, 0.3) is 0 Å². The second kappa shape index (κ2) is 6.67. The number of carbonyl (C=O) groups is 2. The molecule has 0 aromatic carbocycles. The van der Waals surface area contributed by atoms with Gasteiger partial charge in [0.1, 0.15) is 0 Å². The van der Waals surface area contributed by atoms with E-state index < -0.39 is 6.03 Å². The Bertz CT molecular complexity index is 309. The van der Waals surface area contributed by atoms with Crippen LogP contribution in [0, 0.1) is 0 Å². The average molecular weight is 258 g/mol. The van der Waals surface area contributed by atoms with E-state index in [2.05, 4.69) is 10.6 Å². The minimum atomic E-state index is -0.496. The van der Waals surface area contributed by atoms with Gasteiger partial charge >= 0.3 is 6.03 Å². The molecule has 3 unspecified atom stereocenters. The predicted octanol–water partition coefficient (Wildman–Crippen LogP) is -1.12. The van der Waals surface area contributed by atoms with E-state index in [1.54, 1.807) is 6.92 Å². The lowest BCUT2D eigenvalue weighted by Crippen LogP contribution is -2.56. The molecule has 18 heavy (non-hydrogen) atoms. The summed E-state index contributed by atoms with van der Waals surface area (Å²) >= 11 is 0. The van der Waals surface area contributed by atoms with E-state index in [0.29, 0.717) is 19.7 Å². The molecule has 1 heterocycles. The molecule has 0 aromatic rings. The quantitative estimate of drug-likeness (QED) is 0.596. The summed E-state index contributed by atoms with van der Waals surface area (Å²) in [5.74, 6) is -0.320. The molecule has 3 atom stereocenters. The molecule has 3 amide bonds. The molecule has 0 aliphatic carbocycles. The summed E-state index contributed by atoms with van der Waals surface area (Å²) in [5.41, 5.74) is 5.79. The van der Waals surface area contributed by atoms with Crippen molar-refractivity contribution in [1.82, 2.24) is 15.5 Å². The van der Waals surface area contributed by atoms with E-state index >= 15 is 0 Å². The minimum Gasteiger partial charge on any atom is -0.374 e. The Morgan fingerprint density at radius 2 is 2.11 bits per heavy atom. The van der Waals surface area contributed by atoms with Gasteiger partial charge in [0.2, 0.25) is 5.91 Å². The van der Waals surface area contributed by atoms with E-state index in [9.17, 15) is 9.59 Å². The number of hydrogen-bond donors (Lipinski definition) is 3. The zero-order valence-electron chi connectivity index (χ0n) is 11.1. The normalized spacial score (nSPS) is 24.1. The van der Waals surface area contributed by atoms with E-state index in [1.165, 1.54) is 7.05 Å². The first-order chi connectivity index (χ1) is 8.45. The number of urea groups is 1. The third-order valence-electron chi connectivity index (χ3n) is 3.10. The maximum Gasteiger partial charge on any atom is 0.321 e. The lowest BCUT2D eigenvalue weighted by atomic mass is 10.1. The summed E-state index contributed by atoms with van der Waals surface area (Å²) in [6.45, 7) is 5.45. The van der Waals surface area contributed by atoms with Gasteiger partial charge in [0.15, 0.2) is 0 Å². The van der Waals surface area contributed by atoms with Crippen LogP contribution in [0.4, 0.5) is 4.79 Å². The molecule has 1 fully saturated rings. The first kappa shape index (κ1) is 14.9. The third-order valence-corrected chi connectivity index (χ3v) is 3.10. The van der Waals surface area contributed by atoms with E-state index in [-0.39, 0.29) is 24.1 Å². The number of carbonyl (C=O) groups excluding carboxylic acids is 2. The molecule has 104 valence electrons. The Morgan fingerprint density at radius 1 is 1.44 bits per heavy atom. The summed E-state index contributed by atoms with van der Waals surface area (Å²) < 4.78 is 5.52. The fourth-order valence-electron chi connectivity index (χ4n) is 1.81. The molecule has 1 aliphatic rings. The molecule has 4 N–H and O–H groups in total. The molecule has 0 saturated carbocycles. The van der Waals surface area contributed by atoms with Crippen LogP contribution in [-0.2, 0) is 9.53 Å². The van der Waals surface area contributed by atoms with Gasteiger partial charge in [0.25, 0.3) is 0 Å². The van der Waals surface area contributed by atoms with Crippen LogP contribution in [0.15, 0.2) is 0 Å². The first-order valence-electron chi connectivity index (χ1n) is 6.09. The fourth-order valence-corrected chi connectivity index (χ4v) is 1.81. The van der Waals surface area contributed by atoms with Crippen molar-refractivity contribution in [3.8, 4) is 0 Å². The molecule has 1 rings (SSSR count). The number of ether oxygens (including phenoxy) is 1.